The molecule has 1 rings (SSSR count). The van der Waals surface area contributed by atoms with E-state index >= 15 is 0 Å². The van der Waals surface area contributed by atoms with Crippen molar-refractivity contribution < 1.29 is 19.4 Å². The fourth-order valence-corrected chi connectivity index (χ4v) is 1.41. The molecule has 0 bridgehead atoms. The summed E-state index contributed by atoms with van der Waals surface area (Å²) in [5.74, 6) is -1.89. The van der Waals surface area contributed by atoms with Crippen LogP contribution in [0.15, 0.2) is 24.3 Å². The van der Waals surface area contributed by atoms with Crippen molar-refractivity contribution in [2.45, 2.75) is 33.4 Å². The molecule has 0 aliphatic heterocycles. The van der Waals surface area contributed by atoms with Gasteiger partial charge < -0.3 is 15.2 Å². The fraction of sp³-hybridized carbons (Fsp3) is 0.429. The Balaban J connectivity index is 2.50. The van der Waals surface area contributed by atoms with Crippen molar-refractivity contribution in [3.8, 4) is 5.75 Å². The largest absolute Gasteiger partial charge is 0.491 e. The van der Waals surface area contributed by atoms with Gasteiger partial charge in [0.1, 0.15) is 11.7 Å². The van der Waals surface area contributed by atoms with Crippen LogP contribution in [-0.4, -0.2) is 23.1 Å². The summed E-state index contributed by atoms with van der Waals surface area (Å²) in [6, 6.07) is 7.32. The van der Waals surface area contributed by atoms with E-state index in [9.17, 15) is 9.59 Å². The second-order valence-corrected chi connectivity index (χ2v) is 4.59. The first-order valence-corrected chi connectivity index (χ1v) is 6.16. The summed E-state index contributed by atoms with van der Waals surface area (Å²) < 4.78 is 5.50. The molecule has 5 heteroatoms. The normalized spacial score (nSPS) is 12.0. The molecule has 0 aliphatic rings. The van der Waals surface area contributed by atoms with Crippen molar-refractivity contribution in [3.05, 3.63) is 29.8 Å². The number of amides is 1. The van der Waals surface area contributed by atoms with Crippen LogP contribution in [0.25, 0.3) is 0 Å². The van der Waals surface area contributed by atoms with E-state index in [2.05, 4.69) is 5.32 Å². The molecule has 1 atom stereocenters. The number of hydrogen-bond acceptors (Lipinski definition) is 3. The number of aliphatic carboxylic acids is 1. The minimum Gasteiger partial charge on any atom is -0.491 e. The third kappa shape index (κ3) is 4.99. The molecule has 0 aromatic heterocycles. The molecule has 0 radical (unpaired) electrons. The average Bonchev–Trinajstić information content (AvgIpc) is 2.35. The predicted molar refractivity (Wildman–Crippen MR) is 70.9 cm³/mol. The SMILES string of the molecule is CC(C)Oc1ccc(CNC(=O)C(C)C(=O)O)cc1. The van der Waals surface area contributed by atoms with E-state index in [0.29, 0.717) is 6.54 Å². The van der Waals surface area contributed by atoms with Gasteiger partial charge in [0.15, 0.2) is 0 Å². The second-order valence-electron chi connectivity index (χ2n) is 4.59. The molecule has 0 saturated carbocycles. The summed E-state index contributed by atoms with van der Waals surface area (Å²) in [6.07, 6.45) is 0.113. The van der Waals surface area contributed by atoms with Crippen molar-refractivity contribution in [2.24, 2.45) is 5.92 Å². The zero-order chi connectivity index (χ0) is 14.4. The highest BCUT2D eigenvalue weighted by Crippen LogP contribution is 2.13. The number of carboxylic acids is 1. The van der Waals surface area contributed by atoms with Crippen molar-refractivity contribution >= 4 is 11.9 Å². The lowest BCUT2D eigenvalue weighted by molar-refractivity contribution is -0.146. The summed E-state index contributed by atoms with van der Waals surface area (Å²) in [7, 11) is 0. The minimum atomic E-state index is -1.13. The van der Waals surface area contributed by atoms with Gasteiger partial charge in [0.05, 0.1) is 6.10 Å². The maximum atomic E-state index is 11.5. The molecule has 1 unspecified atom stereocenters. The lowest BCUT2D eigenvalue weighted by Crippen LogP contribution is -2.33. The molecule has 0 saturated heterocycles. The number of rotatable bonds is 6. The Hall–Kier alpha value is -2.04. The molecule has 1 amide bonds. The van der Waals surface area contributed by atoms with E-state index in [1.54, 1.807) is 0 Å². The summed E-state index contributed by atoms with van der Waals surface area (Å²) in [6.45, 7) is 5.55. The van der Waals surface area contributed by atoms with E-state index < -0.39 is 17.8 Å². The fourth-order valence-electron chi connectivity index (χ4n) is 1.41. The van der Waals surface area contributed by atoms with Crippen LogP contribution in [0.1, 0.15) is 26.3 Å². The summed E-state index contributed by atoms with van der Waals surface area (Å²) in [5.41, 5.74) is 0.891. The lowest BCUT2D eigenvalue weighted by atomic mass is 10.1. The average molecular weight is 265 g/mol. The number of carbonyl (C=O) groups is 2. The van der Waals surface area contributed by atoms with Gasteiger partial charge in [-0.3, -0.25) is 9.59 Å². The summed E-state index contributed by atoms with van der Waals surface area (Å²) in [5, 5.41) is 11.3. The first kappa shape index (κ1) is 15.0. The highest BCUT2D eigenvalue weighted by Gasteiger charge is 2.19. The van der Waals surface area contributed by atoms with E-state index in [0.717, 1.165) is 11.3 Å². The van der Waals surface area contributed by atoms with Gasteiger partial charge in [-0.15, -0.1) is 0 Å². The van der Waals surface area contributed by atoms with Gasteiger partial charge in [-0.05, 0) is 38.5 Å². The molecule has 1 aromatic rings. The lowest BCUT2D eigenvalue weighted by Gasteiger charge is -2.11. The molecule has 0 spiro atoms. The number of hydrogen-bond donors (Lipinski definition) is 2. The van der Waals surface area contributed by atoms with Crippen LogP contribution < -0.4 is 10.1 Å². The minimum absolute atomic E-state index is 0.113. The number of benzene rings is 1. The highest BCUT2D eigenvalue weighted by atomic mass is 16.5. The summed E-state index contributed by atoms with van der Waals surface area (Å²) >= 11 is 0. The molecule has 19 heavy (non-hydrogen) atoms. The van der Waals surface area contributed by atoms with Gasteiger partial charge in [0, 0.05) is 6.54 Å². The number of ether oxygens (including phenoxy) is 1. The molecule has 0 fully saturated rings. The molecular weight excluding hydrogens is 246 g/mol. The molecular formula is C14H19NO4. The maximum Gasteiger partial charge on any atom is 0.315 e. The topological polar surface area (TPSA) is 75.6 Å². The van der Waals surface area contributed by atoms with Crippen LogP contribution in [0.3, 0.4) is 0 Å². The van der Waals surface area contributed by atoms with Gasteiger partial charge in [0.2, 0.25) is 5.91 Å². The monoisotopic (exact) mass is 265 g/mol. The molecule has 0 aliphatic carbocycles. The van der Waals surface area contributed by atoms with E-state index in [-0.39, 0.29) is 6.10 Å². The zero-order valence-electron chi connectivity index (χ0n) is 11.3. The molecule has 5 nitrogen and oxygen atoms in total. The molecule has 1 aromatic carbocycles. The molecule has 0 heterocycles. The Kier molecular flexibility index (Phi) is 5.36. The van der Waals surface area contributed by atoms with E-state index in [1.807, 2.05) is 38.1 Å². The van der Waals surface area contributed by atoms with Gasteiger partial charge in [-0.25, -0.2) is 0 Å². The Bertz CT molecular complexity index is 439. The number of carbonyl (C=O) groups excluding carboxylic acids is 1. The van der Waals surface area contributed by atoms with Gasteiger partial charge in [-0.1, -0.05) is 12.1 Å². The third-order valence-electron chi connectivity index (χ3n) is 2.53. The highest BCUT2D eigenvalue weighted by molar-refractivity contribution is 5.96. The molecule has 2 N–H and O–H groups in total. The Morgan fingerprint density at radius 1 is 1.21 bits per heavy atom. The number of carboxylic acid groups (broad SMARTS) is 1. The van der Waals surface area contributed by atoms with Crippen LogP contribution in [0.2, 0.25) is 0 Å². The standard InChI is InChI=1S/C14H19NO4/c1-9(2)19-12-6-4-11(5-7-12)8-15-13(16)10(3)14(17)18/h4-7,9-10H,8H2,1-3H3,(H,15,16)(H,17,18). The quantitative estimate of drug-likeness (QED) is 0.769. The van der Waals surface area contributed by atoms with Crippen LogP contribution in [0, 0.1) is 5.92 Å². The first-order valence-electron chi connectivity index (χ1n) is 6.16. The van der Waals surface area contributed by atoms with E-state index in [4.69, 9.17) is 9.84 Å². The van der Waals surface area contributed by atoms with Crippen molar-refractivity contribution in [1.82, 2.24) is 5.32 Å². The van der Waals surface area contributed by atoms with Gasteiger partial charge in [-0.2, -0.15) is 0 Å². The van der Waals surface area contributed by atoms with Crippen LogP contribution in [0.5, 0.6) is 5.75 Å². The Labute approximate surface area is 112 Å². The predicted octanol–water partition coefficient (Wildman–Crippen LogP) is 1.81. The number of nitrogens with one attached hydrogen (secondary N) is 1. The zero-order valence-corrected chi connectivity index (χ0v) is 11.3. The Morgan fingerprint density at radius 2 is 1.79 bits per heavy atom. The van der Waals surface area contributed by atoms with Gasteiger partial charge in [0.25, 0.3) is 0 Å². The van der Waals surface area contributed by atoms with Gasteiger partial charge >= 0.3 is 5.97 Å². The van der Waals surface area contributed by atoms with E-state index in [1.165, 1.54) is 6.92 Å². The molecule has 104 valence electrons. The smallest absolute Gasteiger partial charge is 0.315 e. The van der Waals surface area contributed by atoms with Crippen LogP contribution in [-0.2, 0) is 16.1 Å². The third-order valence-corrected chi connectivity index (χ3v) is 2.53. The second kappa shape index (κ2) is 6.78. The Morgan fingerprint density at radius 3 is 2.26 bits per heavy atom. The van der Waals surface area contributed by atoms with Crippen molar-refractivity contribution in [3.63, 3.8) is 0 Å². The van der Waals surface area contributed by atoms with Crippen LogP contribution >= 0.6 is 0 Å². The van der Waals surface area contributed by atoms with Crippen LogP contribution in [0.4, 0.5) is 0 Å². The van der Waals surface area contributed by atoms with Crippen molar-refractivity contribution in [1.29, 1.82) is 0 Å². The summed E-state index contributed by atoms with van der Waals surface area (Å²) in [4.78, 5) is 22.1. The van der Waals surface area contributed by atoms with Crippen molar-refractivity contribution in [2.75, 3.05) is 0 Å². The maximum absolute atomic E-state index is 11.5. The first-order chi connectivity index (χ1) is 8.90.